The molecule has 102 valence electrons. The van der Waals surface area contributed by atoms with Gasteiger partial charge >= 0.3 is 0 Å². The van der Waals surface area contributed by atoms with Crippen LogP contribution in [0, 0.1) is 0 Å². The van der Waals surface area contributed by atoms with Gasteiger partial charge in [0.15, 0.2) is 0 Å². The summed E-state index contributed by atoms with van der Waals surface area (Å²) in [4.78, 5) is 1.06. The molecule has 1 atom stereocenters. The van der Waals surface area contributed by atoms with E-state index in [1.807, 2.05) is 29.6 Å². The van der Waals surface area contributed by atoms with E-state index in [4.69, 9.17) is 19.9 Å². The molecule has 0 bridgehead atoms. The van der Waals surface area contributed by atoms with Gasteiger partial charge in [-0.1, -0.05) is 6.07 Å². The van der Waals surface area contributed by atoms with Gasteiger partial charge in [0, 0.05) is 17.0 Å². The number of hydrogen-bond donors (Lipinski definition) is 1. The molecule has 1 aromatic heterocycles. The molecule has 0 amide bonds. The third-order valence-corrected chi connectivity index (χ3v) is 3.87. The SMILES string of the molecule is COc1cc(OC)c([C@H](N)c2cccs2)c(OC)c1. The van der Waals surface area contributed by atoms with Crippen LogP contribution >= 0.6 is 11.3 Å². The molecule has 0 aliphatic heterocycles. The summed E-state index contributed by atoms with van der Waals surface area (Å²) in [5.74, 6) is 2.00. The van der Waals surface area contributed by atoms with Gasteiger partial charge in [-0.25, -0.2) is 0 Å². The molecule has 0 aliphatic rings. The monoisotopic (exact) mass is 279 g/mol. The molecule has 4 nitrogen and oxygen atoms in total. The lowest BCUT2D eigenvalue weighted by atomic mass is 10.0. The molecular formula is C14H17NO3S. The van der Waals surface area contributed by atoms with Gasteiger partial charge < -0.3 is 19.9 Å². The smallest absolute Gasteiger partial charge is 0.131 e. The molecule has 0 saturated heterocycles. The van der Waals surface area contributed by atoms with Crippen molar-refractivity contribution < 1.29 is 14.2 Å². The van der Waals surface area contributed by atoms with Gasteiger partial charge in [0.05, 0.1) is 32.9 Å². The highest BCUT2D eigenvalue weighted by Gasteiger charge is 2.21. The van der Waals surface area contributed by atoms with Crippen molar-refractivity contribution in [3.63, 3.8) is 0 Å². The zero-order valence-electron chi connectivity index (χ0n) is 11.2. The van der Waals surface area contributed by atoms with Crippen molar-refractivity contribution in [1.82, 2.24) is 0 Å². The summed E-state index contributed by atoms with van der Waals surface area (Å²) in [6.45, 7) is 0. The number of ether oxygens (including phenoxy) is 3. The van der Waals surface area contributed by atoms with Crippen LogP contribution < -0.4 is 19.9 Å². The van der Waals surface area contributed by atoms with Crippen LogP contribution in [0.25, 0.3) is 0 Å². The molecule has 0 fully saturated rings. The minimum absolute atomic E-state index is 0.282. The van der Waals surface area contributed by atoms with Crippen molar-refractivity contribution in [2.75, 3.05) is 21.3 Å². The van der Waals surface area contributed by atoms with Gasteiger partial charge in [-0.15, -0.1) is 11.3 Å². The minimum Gasteiger partial charge on any atom is -0.496 e. The summed E-state index contributed by atoms with van der Waals surface area (Å²) in [7, 11) is 4.82. The predicted molar refractivity (Wildman–Crippen MR) is 76.4 cm³/mol. The molecule has 1 heterocycles. The standard InChI is InChI=1S/C14H17NO3S/c1-16-9-7-10(17-2)13(11(8-9)18-3)14(15)12-5-4-6-19-12/h4-8,14H,15H2,1-3H3/t14-/m1/s1. The van der Waals surface area contributed by atoms with E-state index < -0.39 is 0 Å². The second kappa shape index (κ2) is 5.95. The van der Waals surface area contributed by atoms with E-state index in [9.17, 15) is 0 Å². The van der Waals surface area contributed by atoms with Crippen molar-refractivity contribution in [3.05, 3.63) is 40.1 Å². The van der Waals surface area contributed by atoms with Gasteiger partial charge in [0.1, 0.15) is 17.2 Å². The molecule has 2 N–H and O–H groups in total. The zero-order chi connectivity index (χ0) is 13.8. The molecule has 5 heteroatoms. The van der Waals surface area contributed by atoms with Gasteiger partial charge in [-0.3, -0.25) is 0 Å². The highest BCUT2D eigenvalue weighted by atomic mass is 32.1. The Hall–Kier alpha value is -1.72. The Kier molecular flexibility index (Phi) is 4.29. The number of rotatable bonds is 5. The van der Waals surface area contributed by atoms with Gasteiger partial charge in [0.2, 0.25) is 0 Å². The van der Waals surface area contributed by atoms with Crippen LogP contribution in [-0.2, 0) is 0 Å². The average molecular weight is 279 g/mol. The fraction of sp³-hybridized carbons (Fsp3) is 0.286. The van der Waals surface area contributed by atoms with Crippen LogP contribution in [0.4, 0.5) is 0 Å². The van der Waals surface area contributed by atoms with Crippen LogP contribution in [-0.4, -0.2) is 21.3 Å². The van der Waals surface area contributed by atoms with E-state index in [0.29, 0.717) is 17.2 Å². The lowest BCUT2D eigenvalue weighted by Gasteiger charge is -2.19. The summed E-state index contributed by atoms with van der Waals surface area (Å²) in [5.41, 5.74) is 7.14. The number of benzene rings is 1. The Morgan fingerprint density at radius 3 is 2.11 bits per heavy atom. The largest absolute Gasteiger partial charge is 0.496 e. The maximum atomic E-state index is 6.31. The van der Waals surface area contributed by atoms with Crippen LogP contribution in [0.5, 0.6) is 17.2 Å². The first kappa shape index (κ1) is 13.7. The minimum atomic E-state index is -0.282. The van der Waals surface area contributed by atoms with Crippen LogP contribution in [0.15, 0.2) is 29.6 Å². The van der Waals surface area contributed by atoms with Crippen molar-refractivity contribution >= 4 is 11.3 Å². The molecule has 1 aromatic carbocycles. The molecule has 0 saturated carbocycles. The predicted octanol–water partition coefficient (Wildman–Crippen LogP) is 2.82. The quantitative estimate of drug-likeness (QED) is 0.914. The molecule has 2 rings (SSSR count). The third kappa shape index (κ3) is 2.67. The Labute approximate surface area is 116 Å². The van der Waals surface area contributed by atoms with Crippen LogP contribution in [0.1, 0.15) is 16.5 Å². The number of hydrogen-bond acceptors (Lipinski definition) is 5. The van der Waals surface area contributed by atoms with E-state index in [-0.39, 0.29) is 6.04 Å². The lowest BCUT2D eigenvalue weighted by molar-refractivity contribution is 0.367. The number of thiophene rings is 1. The highest BCUT2D eigenvalue weighted by molar-refractivity contribution is 7.10. The summed E-state index contributed by atoms with van der Waals surface area (Å²) in [5, 5.41) is 2.00. The van der Waals surface area contributed by atoms with Crippen molar-refractivity contribution in [3.8, 4) is 17.2 Å². The number of nitrogens with two attached hydrogens (primary N) is 1. The maximum absolute atomic E-state index is 6.31. The zero-order valence-corrected chi connectivity index (χ0v) is 12.0. The van der Waals surface area contributed by atoms with Crippen molar-refractivity contribution in [1.29, 1.82) is 0 Å². The van der Waals surface area contributed by atoms with E-state index in [0.717, 1.165) is 10.4 Å². The van der Waals surface area contributed by atoms with Crippen LogP contribution in [0.2, 0.25) is 0 Å². The van der Waals surface area contributed by atoms with Crippen molar-refractivity contribution in [2.24, 2.45) is 5.73 Å². The van der Waals surface area contributed by atoms with E-state index in [1.165, 1.54) is 0 Å². The molecular weight excluding hydrogens is 262 g/mol. The Morgan fingerprint density at radius 1 is 1.05 bits per heavy atom. The fourth-order valence-electron chi connectivity index (χ4n) is 1.95. The topological polar surface area (TPSA) is 53.7 Å². The molecule has 2 aromatic rings. The Balaban J connectivity index is 2.54. The second-order valence-corrected chi connectivity index (χ2v) is 4.92. The molecule has 19 heavy (non-hydrogen) atoms. The maximum Gasteiger partial charge on any atom is 0.131 e. The van der Waals surface area contributed by atoms with E-state index >= 15 is 0 Å². The second-order valence-electron chi connectivity index (χ2n) is 3.94. The van der Waals surface area contributed by atoms with Crippen LogP contribution in [0.3, 0.4) is 0 Å². The Bertz CT molecular complexity index is 515. The highest BCUT2D eigenvalue weighted by Crippen LogP contribution is 2.40. The fourth-order valence-corrected chi connectivity index (χ4v) is 2.69. The summed E-state index contributed by atoms with van der Waals surface area (Å²) in [6.07, 6.45) is 0. The van der Waals surface area contributed by atoms with Crippen molar-refractivity contribution in [2.45, 2.75) is 6.04 Å². The third-order valence-electron chi connectivity index (χ3n) is 2.91. The average Bonchev–Trinajstić information content (AvgIpc) is 2.99. The summed E-state index contributed by atoms with van der Waals surface area (Å²) < 4.78 is 16.1. The normalized spacial score (nSPS) is 12.0. The Morgan fingerprint density at radius 2 is 1.68 bits per heavy atom. The number of methoxy groups -OCH3 is 3. The molecule has 0 radical (unpaired) electrons. The lowest BCUT2D eigenvalue weighted by Crippen LogP contribution is -2.13. The first-order valence-corrected chi connectivity index (χ1v) is 6.68. The van der Waals surface area contributed by atoms with E-state index in [1.54, 1.807) is 32.7 Å². The van der Waals surface area contributed by atoms with Gasteiger partial charge in [0.25, 0.3) is 0 Å². The summed E-state index contributed by atoms with van der Waals surface area (Å²) in [6, 6.07) is 7.31. The molecule has 0 unspecified atom stereocenters. The van der Waals surface area contributed by atoms with Gasteiger partial charge in [-0.2, -0.15) is 0 Å². The van der Waals surface area contributed by atoms with E-state index in [2.05, 4.69) is 0 Å². The first-order chi connectivity index (χ1) is 9.21. The summed E-state index contributed by atoms with van der Waals surface area (Å²) >= 11 is 1.61. The molecule has 0 aliphatic carbocycles. The van der Waals surface area contributed by atoms with Gasteiger partial charge in [-0.05, 0) is 11.4 Å². The molecule has 0 spiro atoms. The first-order valence-electron chi connectivity index (χ1n) is 5.80.